The van der Waals surface area contributed by atoms with Gasteiger partial charge < -0.3 is 25.8 Å². The average Bonchev–Trinajstić information content (AvgIpc) is 3.19. The highest BCUT2D eigenvalue weighted by molar-refractivity contribution is 5.96. The summed E-state index contributed by atoms with van der Waals surface area (Å²) in [6.45, 7) is 12.4. The van der Waals surface area contributed by atoms with Crippen molar-refractivity contribution in [1.82, 2.24) is 20.4 Å². The third-order valence-corrected chi connectivity index (χ3v) is 8.07. The predicted molar refractivity (Wildman–Crippen MR) is 148 cm³/mol. The van der Waals surface area contributed by atoms with Gasteiger partial charge in [-0.15, -0.1) is 0 Å². The molecule has 4 aliphatic carbocycles. The third-order valence-electron chi connectivity index (χ3n) is 8.07. The monoisotopic (exact) mass is 543 g/mol. The first-order valence-electron chi connectivity index (χ1n) is 14.3. The molecule has 1 aromatic heterocycles. The van der Waals surface area contributed by atoms with Crippen molar-refractivity contribution in [1.29, 1.82) is 0 Å². The van der Waals surface area contributed by atoms with E-state index >= 15 is 0 Å². The Hall–Kier alpha value is -3.04. The van der Waals surface area contributed by atoms with Crippen LogP contribution in [-0.2, 0) is 9.53 Å². The van der Waals surface area contributed by atoms with Crippen molar-refractivity contribution in [2.45, 2.75) is 97.2 Å². The number of nitrogens with two attached hydrogens (primary N) is 1. The SMILES string of the molecule is CC(C)COc1c(C(=O)N[C@H]2C3CC4CC2C[C@](OC(N)=O)(C4)C3)cnn1/C=C/C(C)(C)NC(=O)CC(C)C. The van der Waals surface area contributed by atoms with Crippen LogP contribution in [0.25, 0.3) is 6.20 Å². The van der Waals surface area contributed by atoms with Gasteiger partial charge in [-0.25, -0.2) is 9.48 Å². The minimum absolute atomic E-state index is 0.00518. The Morgan fingerprint density at radius 3 is 2.41 bits per heavy atom. The molecule has 4 saturated carbocycles. The Labute approximate surface area is 231 Å². The number of ether oxygens (including phenoxy) is 2. The molecule has 10 heteroatoms. The molecule has 2 atom stereocenters. The van der Waals surface area contributed by atoms with E-state index in [1.807, 2.05) is 47.6 Å². The van der Waals surface area contributed by atoms with Crippen LogP contribution in [0.1, 0.15) is 90.4 Å². The van der Waals surface area contributed by atoms with E-state index in [9.17, 15) is 14.4 Å². The van der Waals surface area contributed by atoms with Crippen LogP contribution in [0.3, 0.4) is 0 Å². The molecule has 39 heavy (non-hydrogen) atoms. The molecule has 1 aromatic rings. The molecule has 4 bridgehead atoms. The number of rotatable bonds is 11. The molecular weight excluding hydrogens is 498 g/mol. The van der Waals surface area contributed by atoms with Gasteiger partial charge in [0, 0.05) is 18.7 Å². The second-order valence-electron chi connectivity index (χ2n) is 13.3. The molecular formula is C29H45N5O5. The van der Waals surface area contributed by atoms with Crippen LogP contribution in [0.5, 0.6) is 5.88 Å². The molecule has 0 radical (unpaired) electrons. The fraction of sp³-hybridized carbons (Fsp3) is 0.724. The van der Waals surface area contributed by atoms with E-state index in [1.54, 1.807) is 10.9 Å². The molecule has 1 heterocycles. The average molecular weight is 544 g/mol. The van der Waals surface area contributed by atoms with E-state index in [4.69, 9.17) is 15.2 Å². The van der Waals surface area contributed by atoms with Gasteiger partial charge in [0.25, 0.3) is 5.91 Å². The zero-order valence-electron chi connectivity index (χ0n) is 24.2. The van der Waals surface area contributed by atoms with Crippen molar-refractivity contribution in [3.63, 3.8) is 0 Å². The van der Waals surface area contributed by atoms with Crippen molar-refractivity contribution in [3.05, 3.63) is 17.8 Å². The number of amides is 3. The lowest BCUT2D eigenvalue weighted by molar-refractivity contribution is -0.137. The summed E-state index contributed by atoms with van der Waals surface area (Å²) < 4.78 is 13.3. The lowest BCUT2D eigenvalue weighted by Crippen LogP contribution is -2.63. The summed E-state index contributed by atoms with van der Waals surface area (Å²) in [5, 5.41) is 10.7. The van der Waals surface area contributed by atoms with Crippen molar-refractivity contribution in [2.75, 3.05) is 6.61 Å². The van der Waals surface area contributed by atoms with E-state index in [-0.39, 0.29) is 41.5 Å². The van der Waals surface area contributed by atoms with Crippen LogP contribution in [0.2, 0.25) is 0 Å². The first kappa shape index (κ1) is 29.0. The normalized spacial score (nSPS) is 27.8. The Balaban J connectivity index is 1.49. The van der Waals surface area contributed by atoms with Gasteiger partial charge in [0.1, 0.15) is 11.2 Å². The predicted octanol–water partition coefficient (Wildman–Crippen LogP) is 4.10. The van der Waals surface area contributed by atoms with Crippen LogP contribution < -0.4 is 21.1 Å². The van der Waals surface area contributed by atoms with Gasteiger partial charge in [-0.1, -0.05) is 27.7 Å². The first-order valence-corrected chi connectivity index (χ1v) is 14.3. The summed E-state index contributed by atoms with van der Waals surface area (Å²) >= 11 is 0. The number of aromatic nitrogens is 2. The lowest BCUT2D eigenvalue weighted by Gasteiger charge is -2.58. The lowest BCUT2D eigenvalue weighted by atomic mass is 9.52. The summed E-state index contributed by atoms with van der Waals surface area (Å²) in [4.78, 5) is 37.5. The van der Waals surface area contributed by atoms with Gasteiger partial charge in [0.2, 0.25) is 11.8 Å². The Kier molecular flexibility index (Phi) is 8.33. The van der Waals surface area contributed by atoms with Crippen molar-refractivity contribution < 1.29 is 23.9 Å². The number of primary amides is 1. The van der Waals surface area contributed by atoms with Crippen molar-refractivity contribution >= 4 is 24.1 Å². The molecule has 4 fully saturated rings. The minimum Gasteiger partial charge on any atom is -0.477 e. The summed E-state index contributed by atoms with van der Waals surface area (Å²) in [6, 6.07) is 0.00518. The molecule has 10 nitrogen and oxygen atoms in total. The number of nitrogens with zero attached hydrogens (tertiary/aromatic N) is 2. The topological polar surface area (TPSA) is 138 Å². The molecule has 4 aliphatic rings. The van der Waals surface area contributed by atoms with E-state index in [0.29, 0.717) is 30.4 Å². The molecule has 0 spiro atoms. The highest BCUT2D eigenvalue weighted by Gasteiger charge is 2.57. The van der Waals surface area contributed by atoms with Crippen LogP contribution in [0.4, 0.5) is 4.79 Å². The molecule has 0 aromatic carbocycles. The van der Waals surface area contributed by atoms with E-state index in [2.05, 4.69) is 15.7 Å². The Bertz CT molecular complexity index is 1090. The van der Waals surface area contributed by atoms with Crippen LogP contribution in [0, 0.1) is 29.6 Å². The van der Waals surface area contributed by atoms with Gasteiger partial charge in [-0.3, -0.25) is 9.59 Å². The van der Waals surface area contributed by atoms with Gasteiger partial charge >= 0.3 is 6.09 Å². The second kappa shape index (κ2) is 11.2. The van der Waals surface area contributed by atoms with E-state index in [0.717, 1.165) is 32.1 Å². The quantitative estimate of drug-likeness (QED) is 0.384. The summed E-state index contributed by atoms with van der Waals surface area (Å²) in [6.07, 6.45) is 9.20. The van der Waals surface area contributed by atoms with E-state index < -0.39 is 17.2 Å². The van der Waals surface area contributed by atoms with Crippen molar-refractivity contribution in [2.24, 2.45) is 35.3 Å². The van der Waals surface area contributed by atoms with Gasteiger partial charge in [-0.05, 0) is 81.6 Å². The van der Waals surface area contributed by atoms with Crippen LogP contribution in [0.15, 0.2) is 12.3 Å². The summed E-state index contributed by atoms with van der Waals surface area (Å²) in [5.74, 6) is 1.64. The van der Waals surface area contributed by atoms with Gasteiger partial charge in [-0.2, -0.15) is 5.10 Å². The van der Waals surface area contributed by atoms with Crippen LogP contribution in [-0.4, -0.2) is 51.5 Å². The van der Waals surface area contributed by atoms with Crippen molar-refractivity contribution in [3.8, 4) is 5.88 Å². The smallest absolute Gasteiger partial charge is 0.405 e. The maximum atomic E-state index is 13.6. The zero-order valence-corrected chi connectivity index (χ0v) is 24.2. The second-order valence-corrected chi connectivity index (χ2v) is 13.3. The first-order chi connectivity index (χ1) is 18.3. The molecule has 2 unspecified atom stereocenters. The van der Waals surface area contributed by atoms with Gasteiger partial charge in [0.05, 0.1) is 18.3 Å². The zero-order chi connectivity index (χ0) is 28.5. The number of hydrogen-bond donors (Lipinski definition) is 3. The molecule has 3 amide bonds. The van der Waals surface area contributed by atoms with E-state index in [1.165, 1.54) is 6.20 Å². The number of nitrogens with one attached hydrogen (secondary N) is 2. The Morgan fingerprint density at radius 1 is 1.15 bits per heavy atom. The fourth-order valence-corrected chi connectivity index (χ4v) is 6.84. The standard InChI is InChI=1S/C29H45N5O5/c1-17(2)9-23(35)33-28(5,6)7-8-34-26(38-16-18(3)4)22(15-31-34)25(36)32-24-20-10-19-11-21(24)14-29(12-19,13-20)39-27(30)37/h7-8,15,17-21,24H,9-14,16H2,1-6H3,(H2,30,37)(H,32,36)(H,33,35)/b8-7+/t19?,20?,21?,24-,29-. The number of carbonyl (C=O) groups excluding carboxylic acids is 3. The Morgan fingerprint density at radius 2 is 1.82 bits per heavy atom. The summed E-state index contributed by atoms with van der Waals surface area (Å²) in [5.41, 5.74) is 4.67. The fourth-order valence-electron chi connectivity index (χ4n) is 6.84. The molecule has 4 N–H and O–H groups in total. The summed E-state index contributed by atoms with van der Waals surface area (Å²) in [7, 11) is 0. The largest absolute Gasteiger partial charge is 0.477 e. The maximum absolute atomic E-state index is 13.6. The molecule has 0 saturated heterocycles. The van der Waals surface area contributed by atoms with Gasteiger partial charge in [0.15, 0.2) is 0 Å². The van der Waals surface area contributed by atoms with Crippen LogP contribution >= 0.6 is 0 Å². The third kappa shape index (κ3) is 6.94. The molecule has 5 rings (SSSR count). The maximum Gasteiger partial charge on any atom is 0.405 e. The number of hydrogen-bond acceptors (Lipinski definition) is 6. The molecule has 216 valence electrons. The highest BCUT2D eigenvalue weighted by atomic mass is 16.6. The number of carbonyl (C=O) groups is 3. The molecule has 0 aliphatic heterocycles. The minimum atomic E-state index is -0.715. The highest BCUT2D eigenvalue weighted by Crippen LogP contribution is 2.57.